The summed E-state index contributed by atoms with van der Waals surface area (Å²) in [6.45, 7) is 1.77. The van der Waals surface area contributed by atoms with Crippen LogP contribution in [0.25, 0.3) is 10.8 Å². The first-order valence-electron chi connectivity index (χ1n) is 7.69. The Labute approximate surface area is 154 Å². The number of nitrogens with one attached hydrogen (secondary N) is 1. The number of hydrogen-bond acceptors (Lipinski definition) is 6. The highest BCUT2D eigenvalue weighted by Crippen LogP contribution is 2.26. The lowest BCUT2D eigenvalue weighted by Gasteiger charge is -2.05. The maximum absolute atomic E-state index is 12.2. The molecule has 0 spiro atoms. The zero-order chi connectivity index (χ0) is 18.7. The Morgan fingerprint density at radius 2 is 2.00 bits per heavy atom. The molecule has 9 heteroatoms. The summed E-state index contributed by atoms with van der Waals surface area (Å²) in [5.74, 6) is 0.628. The quantitative estimate of drug-likeness (QED) is 0.670. The van der Waals surface area contributed by atoms with Crippen molar-refractivity contribution in [3.8, 4) is 10.8 Å². The molecule has 0 atom stereocenters. The van der Waals surface area contributed by atoms with Crippen molar-refractivity contribution >= 4 is 33.0 Å². The molecule has 26 heavy (non-hydrogen) atoms. The average molecular weight is 391 g/mol. The Morgan fingerprint density at radius 3 is 2.62 bits per heavy atom. The number of carbonyl (C=O) groups is 1. The van der Waals surface area contributed by atoms with Gasteiger partial charge in [0.15, 0.2) is 0 Å². The minimum atomic E-state index is -3.58. The number of hydrogen-bond donors (Lipinski definition) is 2. The van der Waals surface area contributed by atoms with E-state index in [0.29, 0.717) is 28.6 Å². The van der Waals surface area contributed by atoms with Gasteiger partial charge in [-0.25, -0.2) is 18.5 Å². The molecule has 0 aliphatic heterocycles. The van der Waals surface area contributed by atoms with E-state index in [-0.39, 0.29) is 18.1 Å². The van der Waals surface area contributed by atoms with E-state index in [0.717, 1.165) is 4.88 Å². The molecule has 0 unspecified atom stereocenters. The van der Waals surface area contributed by atoms with Gasteiger partial charge in [0.1, 0.15) is 5.76 Å². The average Bonchev–Trinajstić information content (AvgIpc) is 3.18. The van der Waals surface area contributed by atoms with Gasteiger partial charge in [-0.1, -0.05) is 18.2 Å². The monoisotopic (exact) mass is 391 g/mol. The Morgan fingerprint density at radius 1 is 1.27 bits per heavy atom. The van der Waals surface area contributed by atoms with Crippen molar-refractivity contribution in [1.29, 1.82) is 0 Å². The standard InChI is InChI=1S/C17H17N3O4S2/c1-11-14(20-17(24-11)15-3-2-8-25-15)9-16(21)19-13-6-4-12(5-7-13)10-26(18,22)23/h2-8H,9-10H2,1H3,(H,19,21)(H2,18,22,23). The maximum Gasteiger partial charge on any atom is 0.236 e. The lowest BCUT2D eigenvalue weighted by atomic mass is 10.2. The molecule has 1 aromatic carbocycles. The number of nitrogens with zero attached hydrogens (tertiary/aromatic N) is 1. The molecule has 0 saturated heterocycles. The smallest absolute Gasteiger partial charge is 0.236 e. The summed E-state index contributed by atoms with van der Waals surface area (Å²) in [6.07, 6.45) is 0.0830. The van der Waals surface area contributed by atoms with Crippen LogP contribution in [0.5, 0.6) is 0 Å². The highest BCUT2D eigenvalue weighted by molar-refractivity contribution is 7.88. The first-order valence-corrected chi connectivity index (χ1v) is 10.3. The number of benzene rings is 1. The summed E-state index contributed by atoms with van der Waals surface area (Å²) in [6, 6.07) is 10.3. The molecule has 0 saturated carbocycles. The van der Waals surface area contributed by atoms with Gasteiger partial charge < -0.3 is 9.73 Å². The molecule has 0 aliphatic carbocycles. The number of sulfonamides is 1. The molecular weight excluding hydrogens is 374 g/mol. The van der Waals surface area contributed by atoms with Gasteiger partial charge in [-0.05, 0) is 36.1 Å². The third-order valence-corrected chi connectivity index (χ3v) is 5.15. The van der Waals surface area contributed by atoms with Crippen LogP contribution >= 0.6 is 11.3 Å². The van der Waals surface area contributed by atoms with Gasteiger partial charge in [-0.2, -0.15) is 0 Å². The molecule has 0 aliphatic rings. The van der Waals surface area contributed by atoms with Crippen molar-refractivity contribution in [3.63, 3.8) is 0 Å². The summed E-state index contributed by atoms with van der Waals surface area (Å²) < 4.78 is 27.8. The minimum Gasteiger partial charge on any atom is -0.440 e. The topological polar surface area (TPSA) is 115 Å². The molecule has 1 amide bonds. The molecule has 3 N–H and O–H groups in total. The third kappa shape index (κ3) is 4.78. The van der Waals surface area contributed by atoms with Crippen molar-refractivity contribution in [3.05, 3.63) is 58.8 Å². The van der Waals surface area contributed by atoms with Crippen LogP contribution in [-0.4, -0.2) is 19.3 Å². The fourth-order valence-electron chi connectivity index (χ4n) is 2.37. The van der Waals surface area contributed by atoms with E-state index in [9.17, 15) is 13.2 Å². The van der Waals surface area contributed by atoms with Crippen molar-refractivity contribution in [2.24, 2.45) is 5.14 Å². The van der Waals surface area contributed by atoms with Gasteiger partial charge in [0.05, 0.1) is 22.7 Å². The number of anilines is 1. The molecule has 7 nitrogen and oxygen atoms in total. The van der Waals surface area contributed by atoms with Crippen LogP contribution in [-0.2, 0) is 27.0 Å². The van der Waals surface area contributed by atoms with Gasteiger partial charge in [-0.15, -0.1) is 11.3 Å². The maximum atomic E-state index is 12.2. The van der Waals surface area contributed by atoms with Gasteiger partial charge in [0.2, 0.25) is 21.8 Å². The summed E-state index contributed by atoms with van der Waals surface area (Å²) >= 11 is 1.52. The van der Waals surface area contributed by atoms with Crippen LogP contribution in [0.4, 0.5) is 5.69 Å². The highest BCUT2D eigenvalue weighted by atomic mass is 32.2. The molecule has 136 valence electrons. The van der Waals surface area contributed by atoms with E-state index in [2.05, 4.69) is 10.3 Å². The van der Waals surface area contributed by atoms with E-state index in [1.807, 2.05) is 17.5 Å². The fraction of sp³-hybridized carbons (Fsp3) is 0.176. The summed E-state index contributed by atoms with van der Waals surface area (Å²) in [4.78, 5) is 17.5. The van der Waals surface area contributed by atoms with Crippen LogP contribution in [0, 0.1) is 6.92 Å². The van der Waals surface area contributed by atoms with Gasteiger partial charge >= 0.3 is 0 Å². The highest BCUT2D eigenvalue weighted by Gasteiger charge is 2.15. The number of primary sulfonamides is 1. The van der Waals surface area contributed by atoms with E-state index < -0.39 is 10.0 Å². The Bertz CT molecular complexity index is 1010. The normalized spacial score (nSPS) is 11.5. The second-order valence-electron chi connectivity index (χ2n) is 5.73. The van der Waals surface area contributed by atoms with Crippen LogP contribution in [0.3, 0.4) is 0 Å². The molecule has 2 heterocycles. The van der Waals surface area contributed by atoms with E-state index in [4.69, 9.17) is 9.56 Å². The second kappa shape index (κ2) is 7.40. The summed E-state index contributed by atoms with van der Waals surface area (Å²) in [5, 5.41) is 9.70. The Balaban J connectivity index is 1.64. The van der Waals surface area contributed by atoms with E-state index >= 15 is 0 Å². The third-order valence-electron chi connectivity index (χ3n) is 3.56. The number of thiophene rings is 1. The molecule has 2 aromatic heterocycles. The lowest BCUT2D eigenvalue weighted by molar-refractivity contribution is -0.115. The van der Waals surface area contributed by atoms with Crippen LogP contribution in [0.2, 0.25) is 0 Å². The van der Waals surface area contributed by atoms with Crippen molar-refractivity contribution in [2.45, 2.75) is 19.1 Å². The van der Waals surface area contributed by atoms with E-state index in [1.54, 1.807) is 31.2 Å². The predicted molar refractivity (Wildman–Crippen MR) is 100 cm³/mol. The van der Waals surface area contributed by atoms with Gasteiger partial charge in [-0.3, -0.25) is 4.79 Å². The summed E-state index contributed by atoms with van der Waals surface area (Å²) in [7, 11) is -3.58. The Hall–Kier alpha value is -2.49. The number of rotatable bonds is 6. The van der Waals surface area contributed by atoms with Gasteiger partial charge in [0, 0.05) is 5.69 Å². The fourth-order valence-corrected chi connectivity index (χ4v) is 3.68. The zero-order valence-corrected chi connectivity index (χ0v) is 15.6. The van der Waals surface area contributed by atoms with Crippen molar-refractivity contribution < 1.29 is 17.6 Å². The molecule has 0 radical (unpaired) electrons. The second-order valence-corrected chi connectivity index (χ2v) is 8.29. The molecule has 3 rings (SSSR count). The predicted octanol–water partition coefficient (Wildman–Crippen LogP) is 2.68. The zero-order valence-electron chi connectivity index (χ0n) is 13.9. The first kappa shape index (κ1) is 18.3. The Kier molecular flexibility index (Phi) is 5.21. The van der Waals surface area contributed by atoms with E-state index in [1.165, 1.54) is 11.3 Å². The number of carbonyl (C=O) groups excluding carboxylic acids is 1. The lowest BCUT2D eigenvalue weighted by Crippen LogP contribution is -2.16. The number of oxazole rings is 1. The van der Waals surface area contributed by atoms with Crippen LogP contribution in [0.15, 0.2) is 46.2 Å². The largest absolute Gasteiger partial charge is 0.440 e. The molecule has 0 bridgehead atoms. The van der Waals surface area contributed by atoms with Crippen molar-refractivity contribution in [1.82, 2.24) is 4.98 Å². The number of aromatic nitrogens is 1. The minimum absolute atomic E-state index is 0.0830. The number of aryl methyl sites for hydroxylation is 1. The molecule has 3 aromatic rings. The van der Waals surface area contributed by atoms with Crippen LogP contribution < -0.4 is 10.5 Å². The first-order chi connectivity index (χ1) is 12.3. The van der Waals surface area contributed by atoms with Crippen molar-refractivity contribution in [2.75, 3.05) is 5.32 Å². The molecular formula is C17H17N3O4S2. The number of amides is 1. The molecule has 0 fully saturated rings. The SMILES string of the molecule is Cc1oc(-c2cccs2)nc1CC(=O)Nc1ccc(CS(N)(=O)=O)cc1. The van der Waals surface area contributed by atoms with Crippen LogP contribution in [0.1, 0.15) is 17.0 Å². The van der Waals surface area contributed by atoms with Gasteiger partial charge in [0.25, 0.3) is 0 Å². The number of nitrogens with two attached hydrogens (primary N) is 1. The summed E-state index contributed by atoms with van der Waals surface area (Å²) in [5.41, 5.74) is 1.70.